The Hall–Kier alpha value is 0.156. The van der Waals surface area contributed by atoms with E-state index in [0.29, 0.717) is 6.54 Å². The van der Waals surface area contributed by atoms with Crippen molar-refractivity contribution in [2.75, 3.05) is 46.1 Å². The van der Waals surface area contributed by atoms with Crippen LogP contribution in [0.3, 0.4) is 0 Å². The number of carbonyl (C=O) groups is 1. The van der Waals surface area contributed by atoms with Crippen LogP contribution < -0.4 is 72.1 Å². The van der Waals surface area contributed by atoms with Crippen LogP contribution in [-0.2, 0) is 12.6 Å². The Labute approximate surface area is 231 Å². The Kier molecular flexibility index (Phi) is 31.5. The molecule has 2 fully saturated rings. The smallest absolute Gasteiger partial charge is 0.796 e. The number of methoxy groups -OCH3 is 1. The zero-order chi connectivity index (χ0) is 22.3. The van der Waals surface area contributed by atoms with E-state index in [2.05, 4.69) is 35.5 Å². The first-order chi connectivity index (χ1) is 14.0. The molecule has 0 spiro atoms. The maximum Gasteiger partial charge on any atom is 1.00 e. The molecule has 2 heterocycles. The molecule has 0 saturated carbocycles. The van der Waals surface area contributed by atoms with Gasteiger partial charge in [-0.25, -0.2) is 4.79 Å². The summed E-state index contributed by atoms with van der Waals surface area (Å²) < 4.78 is 4.97. The largest absolute Gasteiger partial charge is 1.00 e. The van der Waals surface area contributed by atoms with Crippen LogP contribution >= 0.6 is 0 Å². The molecule has 0 aliphatic carbocycles. The average molecular weight is 470 g/mol. The molecule has 0 bridgehead atoms. The fraction of sp³-hybridized carbons (Fsp3) is 0.667. The maximum atomic E-state index is 9.65. The van der Waals surface area contributed by atoms with Gasteiger partial charge in [0.05, 0.1) is 13.2 Å². The molecule has 7 nitrogen and oxygen atoms in total. The minimum Gasteiger partial charge on any atom is -0.796 e. The summed E-state index contributed by atoms with van der Waals surface area (Å²) in [5.41, 5.74) is 1.26. The number of rotatable bonds is 3. The number of aliphatic hydroxyl groups is 1. The standard InChI is InChI=1S/C8H10O.C4H9NO2.C4H9NO.C4H9N.CH4S.K/c1-7-3-5-8(9-2)6-4-7;1-2-3-5-4(6)7;6-4-1-2-5-3-4;1-2-4-5-3-1;1-2;/h3-6H,1-2H3;5H,2-3H2,1H3,(H,6,7);4-6H,1-3H2;5H,1-4H2;2H,1H3;/q;;;;;+1/p-1. The van der Waals surface area contributed by atoms with E-state index in [9.17, 15) is 4.79 Å². The average Bonchev–Trinajstić information content (AvgIpc) is 3.46. The van der Waals surface area contributed by atoms with Gasteiger partial charge in [0.2, 0.25) is 0 Å². The Morgan fingerprint density at radius 1 is 1.17 bits per heavy atom. The molecule has 2 saturated heterocycles. The van der Waals surface area contributed by atoms with E-state index in [1.165, 1.54) is 31.5 Å². The SMILES string of the molecule is C1CCNC1.CCCNC(=O)O.COc1ccc(C)cc1.C[S-].OC1CCNC1.[K+]. The van der Waals surface area contributed by atoms with Crippen molar-refractivity contribution >= 4 is 18.7 Å². The third-order valence-corrected chi connectivity index (χ3v) is 3.77. The number of carboxylic acid groups (broad SMARTS) is 1. The number of aliphatic hydroxyl groups excluding tert-OH is 1. The summed E-state index contributed by atoms with van der Waals surface area (Å²) in [4.78, 5) is 9.65. The van der Waals surface area contributed by atoms with Crippen LogP contribution in [0.5, 0.6) is 5.75 Å². The van der Waals surface area contributed by atoms with Crippen LogP contribution in [0.4, 0.5) is 4.79 Å². The van der Waals surface area contributed by atoms with Gasteiger partial charge in [-0.2, -0.15) is 6.26 Å². The number of β-amino-alcohol motifs (C(OH)–C–C–N with tert-alkyl or cyclic N) is 1. The number of amides is 1. The van der Waals surface area contributed by atoms with E-state index in [1.54, 1.807) is 13.4 Å². The summed E-state index contributed by atoms with van der Waals surface area (Å²) in [7, 11) is 1.67. The second-order valence-corrected chi connectivity index (χ2v) is 6.35. The topological polar surface area (TPSA) is 103 Å². The molecule has 5 N–H and O–H groups in total. The first-order valence-corrected chi connectivity index (χ1v) is 10.9. The second-order valence-electron chi connectivity index (χ2n) is 6.35. The molecule has 3 rings (SSSR count). The van der Waals surface area contributed by atoms with Gasteiger partial charge in [-0.15, -0.1) is 0 Å². The second kappa shape index (κ2) is 27.2. The monoisotopic (exact) mass is 469 g/mol. The number of hydrogen-bond acceptors (Lipinski definition) is 6. The molecule has 170 valence electrons. The van der Waals surface area contributed by atoms with Gasteiger partial charge >= 0.3 is 57.5 Å². The van der Waals surface area contributed by atoms with Crippen LogP contribution in [0.2, 0.25) is 0 Å². The van der Waals surface area contributed by atoms with E-state index in [0.717, 1.165) is 31.7 Å². The van der Waals surface area contributed by atoms with Gasteiger partial charge in [-0.1, -0.05) is 24.6 Å². The van der Waals surface area contributed by atoms with Crippen LogP contribution in [0.15, 0.2) is 24.3 Å². The molecule has 2 aliphatic rings. The van der Waals surface area contributed by atoms with Gasteiger partial charge in [0, 0.05) is 13.1 Å². The van der Waals surface area contributed by atoms with E-state index >= 15 is 0 Å². The van der Waals surface area contributed by atoms with Gasteiger partial charge in [-0.3, -0.25) is 0 Å². The van der Waals surface area contributed by atoms with E-state index in [1.807, 2.05) is 31.2 Å². The molecule has 0 radical (unpaired) electrons. The third kappa shape index (κ3) is 26.2. The number of aryl methyl sites for hydroxylation is 1. The first-order valence-electron chi connectivity index (χ1n) is 10.1. The summed E-state index contributed by atoms with van der Waals surface area (Å²) in [6.45, 7) is 8.80. The fourth-order valence-electron chi connectivity index (χ4n) is 2.17. The van der Waals surface area contributed by atoms with Gasteiger partial charge in [-0.05, 0) is 64.4 Å². The number of hydrogen-bond donors (Lipinski definition) is 5. The summed E-state index contributed by atoms with van der Waals surface area (Å²) in [6, 6.07) is 7.96. The summed E-state index contributed by atoms with van der Waals surface area (Å²) in [5.74, 6) is 0.917. The fourth-order valence-corrected chi connectivity index (χ4v) is 2.17. The van der Waals surface area contributed by atoms with Crippen molar-refractivity contribution in [2.24, 2.45) is 0 Å². The molecule has 1 atom stereocenters. The van der Waals surface area contributed by atoms with Crippen molar-refractivity contribution in [3.05, 3.63) is 29.8 Å². The van der Waals surface area contributed by atoms with Crippen molar-refractivity contribution in [2.45, 2.75) is 45.6 Å². The summed E-state index contributed by atoms with van der Waals surface area (Å²) in [6.07, 6.45) is 5.14. The Morgan fingerprint density at radius 3 is 1.97 bits per heavy atom. The van der Waals surface area contributed by atoms with Crippen LogP contribution in [0.1, 0.15) is 38.2 Å². The van der Waals surface area contributed by atoms with Crippen molar-refractivity contribution < 1.29 is 71.1 Å². The maximum absolute atomic E-state index is 9.65. The minimum absolute atomic E-state index is 0. The Bertz CT molecular complexity index is 464. The van der Waals surface area contributed by atoms with Crippen molar-refractivity contribution in [1.29, 1.82) is 0 Å². The van der Waals surface area contributed by atoms with Crippen molar-refractivity contribution in [3.8, 4) is 5.75 Å². The van der Waals surface area contributed by atoms with Crippen LogP contribution in [0.25, 0.3) is 0 Å². The normalized spacial score (nSPS) is 15.7. The zero-order valence-electron chi connectivity index (χ0n) is 19.4. The van der Waals surface area contributed by atoms with Gasteiger partial charge in [0.15, 0.2) is 0 Å². The molecule has 2 aliphatic heterocycles. The number of benzene rings is 1. The third-order valence-electron chi connectivity index (χ3n) is 3.77. The van der Waals surface area contributed by atoms with Crippen LogP contribution in [-0.4, -0.2) is 68.5 Å². The molecule has 9 heteroatoms. The first kappa shape index (κ1) is 34.8. The molecule has 0 aromatic heterocycles. The molecule has 1 aromatic carbocycles. The molecular formula is C21H40KN3O4S. The zero-order valence-corrected chi connectivity index (χ0v) is 23.3. The van der Waals surface area contributed by atoms with E-state index in [4.69, 9.17) is 14.9 Å². The van der Waals surface area contributed by atoms with Crippen LogP contribution in [0, 0.1) is 6.92 Å². The predicted octanol–water partition coefficient (Wildman–Crippen LogP) is -0.455. The summed E-state index contributed by atoms with van der Waals surface area (Å²) >= 11 is 4.08. The molecule has 1 amide bonds. The molecule has 30 heavy (non-hydrogen) atoms. The molecule has 1 aromatic rings. The van der Waals surface area contributed by atoms with E-state index in [-0.39, 0.29) is 57.5 Å². The Morgan fingerprint density at radius 2 is 1.73 bits per heavy atom. The predicted molar refractivity (Wildman–Crippen MR) is 123 cm³/mol. The van der Waals surface area contributed by atoms with E-state index < -0.39 is 6.09 Å². The van der Waals surface area contributed by atoms with Gasteiger partial charge < -0.3 is 43.5 Å². The van der Waals surface area contributed by atoms with Crippen molar-refractivity contribution in [3.63, 3.8) is 0 Å². The van der Waals surface area contributed by atoms with Gasteiger partial charge in [0.25, 0.3) is 0 Å². The number of nitrogens with one attached hydrogen (secondary N) is 3. The Balaban J connectivity index is -0.000000317. The van der Waals surface area contributed by atoms with Crippen molar-refractivity contribution in [1.82, 2.24) is 16.0 Å². The summed E-state index contributed by atoms with van der Waals surface area (Å²) in [5, 5.41) is 25.1. The quantitative estimate of drug-likeness (QED) is 0.302. The van der Waals surface area contributed by atoms with Gasteiger partial charge in [0.1, 0.15) is 5.75 Å². The molecular weight excluding hydrogens is 429 g/mol. The molecule has 1 unspecified atom stereocenters. The number of ether oxygens (including phenoxy) is 1. The minimum atomic E-state index is -0.943.